The first-order chi connectivity index (χ1) is 5.90. The molecule has 1 atom stereocenters. The van der Waals surface area contributed by atoms with Crippen molar-refractivity contribution in [2.45, 2.75) is 32.4 Å². The van der Waals surface area contributed by atoms with Gasteiger partial charge in [0.25, 0.3) is 0 Å². The van der Waals surface area contributed by atoms with Crippen LogP contribution in [-0.4, -0.2) is 26.8 Å². The maximum Gasteiger partial charge on any atom is 0.191 e. The van der Waals surface area contributed by atoms with E-state index in [0.29, 0.717) is 6.04 Å². The summed E-state index contributed by atoms with van der Waals surface area (Å²) in [5.74, 6) is 0.842. The molecular formula is C7H13N5. The quantitative estimate of drug-likeness (QED) is 0.679. The summed E-state index contributed by atoms with van der Waals surface area (Å²) in [6, 6.07) is 0.338. The van der Waals surface area contributed by atoms with Gasteiger partial charge in [0.1, 0.15) is 0 Å². The first kappa shape index (κ1) is 7.67. The van der Waals surface area contributed by atoms with Crippen LogP contribution in [0.3, 0.4) is 0 Å². The molecule has 5 heteroatoms. The highest BCUT2D eigenvalue weighted by Crippen LogP contribution is 2.18. The van der Waals surface area contributed by atoms with Crippen molar-refractivity contribution in [2.75, 3.05) is 6.54 Å². The minimum Gasteiger partial charge on any atom is -0.307 e. The normalized spacial score (nSPS) is 23.2. The van der Waals surface area contributed by atoms with E-state index in [0.717, 1.165) is 25.3 Å². The van der Waals surface area contributed by atoms with E-state index < -0.39 is 0 Å². The Morgan fingerprint density at radius 1 is 1.67 bits per heavy atom. The average Bonchev–Trinajstić information content (AvgIpc) is 2.75. The van der Waals surface area contributed by atoms with Crippen LogP contribution in [0.5, 0.6) is 0 Å². The van der Waals surface area contributed by atoms with Crippen molar-refractivity contribution < 1.29 is 0 Å². The van der Waals surface area contributed by atoms with Crippen LogP contribution in [0.15, 0.2) is 0 Å². The van der Waals surface area contributed by atoms with Gasteiger partial charge in [0, 0.05) is 0 Å². The van der Waals surface area contributed by atoms with Crippen LogP contribution in [0.25, 0.3) is 0 Å². The Hall–Kier alpha value is -0.970. The van der Waals surface area contributed by atoms with Gasteiger partial charge in [0.2, 0.25) is 0 Å². The van der Waals surface area contributed by atoms with Crippen LogP contribution in [0.4, 0.5) is 0 Å². The lowest BCUT2D eigenvalue weighted by Gasteiger charge is -2.01. The first-order valence-electron chi connectivity index (χ1n) is 4.41. The third-order valence-corrected chi connectivity index (χ3v) is 2.12. The lowest BCUT2D eigenvalue weighted by Crippen LogP contribution is -2.14. The van der Waals surface area contributed by atoms with E-state index >= 15 is 0 Å². The summed E-state index contributed by atoms with van der Waals surface area (Å²) in [6.45, 7) is 3.87. The summed E-state index contributed by atoms with van der Waals surface area (Å²) >= 11 is 0. The van der Waals surface area contributed by atoms with Gasteiger partial charge in [-0.05, 0) is 31.5 Å². The van der Waals surface area contributed by atoms with E-state index in [2.05, 4.69) is 20.7 Å². The Kier molecular flexibility index (Phi) is 2.03. The molecule has 2 heterocycles. The Morgan fingerprint density at radius 2 is 2.58 bits per heavy atom. The van der Waals surface area contributed by atoms with Crippen molar-refractivity contribution in [3.05, 3.63) is 5.82 Å². The predicted octanol–water partition coefficient (Wildman–Crippen LogP) is 0.117. The fourth-order valence-corrected chi connectivity index (χ4v) is 1.43. The highest BCUT2D eigenvalue weighted by molar-refractivity contribution is 4.92. The molecule has 0 saturated carbocycles. The van der Waals surface area contributed by atoms with Gasteiger partial charge in [0.15, 0.2) is 5.82 Å². The summed E-state index contributed by atoms with van der Waals surface area (Å²) < 4.78 is 0. The van der Waals surface area contributed by atoms with Crippen LogP contribution < -0.4 is 5.32 Å². The van der Waals surface area contributed by atoms with Gasteiger partial charge in [-0.15, -0.1) is 10.2 Å². The highest BCUT2D eigenvalue weighted by Gasteiger charge is 2.20. The van der Waals surface area contributed by atoms with Crippen molar-refractivity contribution in [3.8, 4) is 0 Å². The number of tetrazole rings is 1. The summed E-state index contributed by atoms with van der Waals surface area (Å²) in [6.07, 6.45) is 2.35. The van der Waals surface area contributed by atoms with Gasteiger partial charge in [0.05, 0.1) is 12.6 Å². The third kappa shape index (κ3) is 1.32. The van der Waals surface area contributed by atoms with Gasteiger partial charge < -0.3 is 5.32 Å². The fourth-order valence-electron chi connectivity index (χ4n) is 1.43. The Balaban J connectivity index is 2.11. The summed E-state index contributed by atoms with van der Waals surface area (Å²) in [4.78, 5) is 1.62. The highest BCUT2D eigenvalue weighted by atomic mass is 15.6. The molecule has 1 aliphatic heterocycles. The minimum absolute atomic E-state index is 0.338. The molecule has 1 aliphatic rings. The second kappa shape index (κ2) is 3.18. The molecule has 0 aromatic carbocycles. The average molecular weight is 167 g/mol. The summed E-state index contributed by atoms with van der Waals surface area (Å²) in [5.41, 5.74) is 0. The lowest BCUT2D eigenvalue weighted by atomic mass is 10.2. The molecular weight excluding hydrogens is 154 g/mol. The van der Waals surface area contributed by atoms with Crippen LogP contribution in [0.1, 0.15) is 31.6 Å². The number of hydrogen-bond acceptors (Lipinski definition) is 4. The number of aryl methyl sites for hydroxylation is 1. The van der Waals surface area contributed by atoms with Crippen LogP contribution >= 0.6 is 0 Å². The zero-order valence-electron chi connectivity index (χ0n) is 7.19. The smallest absolute Gasteiger partial charge is 0.191 e. The molecule has 1 aromatic heterocycles. The predicted molar refractivity (Wildman–Crippen MR) is 43.5 cm³/mol. The van der Waals surface area contributed by atoms with E-state index in [1.54, 1.807) is 4.80 Å². The van der Waals surface area contributed by atoms with Crippen LogP contribution in [0, 0.1) is 0 Å². The van der Waals surface area contributed by atoms with Crippen molar-refractivity contribution in [2.24, 2.45) is 0 Å². The number of nitrogens with one attached hydrogen (secondary N) is 1. The molecule has 0 aliphatic carbocycles. The van der Waals surface area contributed by atoms with E-state index in [4.69, 9.17) is 0 Å². The Labute approximate surface area is 71.1 Å². The molecule has 0 spiro atoms. The summed E-state index contributed by atoms with van der Waals surface area (Å²) in [5, 5.41) is 15.5. The Bertz CT molecular complexity index is 250. The maximum atomic E-state index is 4.24. The van der Waals surface area contributed by atoms with Gasteiger partial charge in [-0.2, -0.15) is 4.80 Å². The molecule has 0 unspecified atom stereocenters. The third-order valence-electron chi connectivity index (χ3n) is 2.12. The van der Waals surface area contributed by atoms with E-state index in [1.165, 1.54) is 6.42 Å². The molecule has 1 N–H and O–H groups in total. The zero-order chi connectivity index (χ0) is 8.39. The second-order valence-electron chi connectivity index (χ2n) is 2.99. The topological polar surface area (TPSA) is 55.6 Å². The zero-order valence-corrected chi connectivity index (χ0v) is 7.19. The molecule has 1 saturated heterocycles. The van der Waals surface area contributed by atoms with E-state index in [9.17, 15) is 0 Å². The first-order valence-corrected chi connectivity index (χ1v) is 4.41. The monoisotopic (exact) mass is 167 g/mol. The largest absolute Gasteiger partial charge is 0.307 e. The lowest BCUT2D eigenvalue weighted by molar-refractivity contribution is 0.541. The fraction of sp³-hybridized carbons (Fsp3) is 0.857. The van der Waals surface area contributed by atoms with Gasteiger partial charge in [-0.1, -0.05) is 0 Å². The van der Waals surface area contributed by atoms with Crippen LogP contribution in [-0.2, 0) is 6.54 Å². The number of rotatable bonds is 2. The van der Waals surface area contributed by atoms with Gasteiger partial charge in [-0.25, -0.2) is 0 Å². The molecule has 12 heavy (non-hydrogen) atoms. The minimum atomic E-state index is 0.338. The molecule has 1 fully saturated rings. The molecule has 5 nitrogen and oxygen atoms in total. The van der Waals surface area contributed by atoms with Crippen molar-refractivity contribution in [1.82, 2.24) is 25.5 Å². The molecule has 1 aromatic rings. The van der Waals surface area contributed by atoms with Crippen molar-refractivity contribution >= 4 is 0 Å². The Morgan fingerprint density at radius 3 is 3.17 bits per heavy atom. The van der Waals surface area contributed by atoms with E-state index in [-0.39, 0.29) is 0 Å². The van der Waals surface area contributed by atoms with Gasteiger partial charge in [-0.3, -0.25) is 0 Å². The van der Waals surface area contributed by atoms with Crippen molar-refractivity contribution in [3.63, 3.8) is 0 Å². The maximum absolute atomic E-state index is 4.24. The second-order valence-corrected chi connectivity index (χ2v) is 2.99. The van der Waals surface area contributed by atoms with E-state index in [1.807, 2.05) is 6.92 Å². The number of nitrogens with zero attached hydrogens (tertiary/aromatic N) is 4. The van der Waals surface area contributed by atoms with Crippen LogP contribution in [0.2, 0.25) is 0 Å². The number of aromatic nitrogens is 4. The molecule has 0 amide bonds. The molecule has 66 valence electrons. The molecule has 0 radical (unpaired) electrons. The van der Waals surface area contributed by atoms with Gasteiger partial charge >= 0.3 is 0 Å². The number of hydrogen-bond donors (Lipinski definition) is 1. The molecule has 2 rings (SSSR count). The van der Waals surface area contributed by atoms with Crippen molar-refractivity contribution in [1.29, 1.82) is 0 Å². The SMILES string of the molecule is CCn1nnc([C@@H]2CCCN2)n1. The summed E-state index contributed by atoms with van der Waals surface area (Å²) in [7, 11) is 0. The standard InChI is InChI=1S/C7H13N5/c1-2-12-10-7(9-11-12)6-4-3-5-8-6/h6,8H,2-5H2,1H3/t6-/m0/s1. The molecule has 0 bridgehead atoms.